The van der Waals surface area contributed by atoms with Crippen LogP contribution in [0, 0.1) is 0 Å². The number of hydrogen-bond acceptors (Lipinski definition) is 2. The summed E-state index contributed by atoms with van der Waals surface area (Å²) in [6.45, 7) is 8.38. The van der Waals surface area contributed by atoms with Gasteiger partial charge in [0.2, 0.25) is 0 Å². The zero-order valence-corrected chi connectivity index (χ0v) is 27.6. The summed E-state index contributed by atoms with van der Waals surface area (Å²) < 4.78 is 10.6. The van der Waals surface area contributed by atoms with E-state index in [0.29, 0.717) is 6.61 Å². The largest absolute Gasteiger partial charge is 0.407 e. The fourth-order valence-corrected chi connectivity index (χ4v) is 11.3. The Morgan fingerprint density at radius 1 is 0.674 bits per heavy atom. The molecule has 0 aliphatic rings. The zero-order chi connectivity index (χ0) is 29.9. The Labute approximate surface area is 264 Å². The van der Waals surface area contributed by atoms with E-state index in [4.69, 9.17) is 9.41 Å². The smallest absolute Gasteiger partial charge is 0.261 e. The van der Waals surface area contributed by atoms with Gasteiger partial charge in [0, 0.05) is 23.2 Å². The lowest BCUT2D eigenvalue weighted by atomic mass is 10.0. The van der Waals surface area contributed by atoms with Crippen LogP contribution in [0.5, 0.6) is 0 Å². The predicted molar refractivity (Wildman–Crippen MR) is 186 cm³/mol. The van der Waals surface area contributed by atoms with E-state index in [9.17, 15) is 0 Å². The number of nitrogens with zero attached hydrogens (tertiary/aromatic N) is 2. The molecule has 0 saturated heterocycles. The van der Waals surface area contributed by atoms with Gasteiger partial charge < -0.3 is 8.99 Å². The van der Waals surface area contributed by atoms with Gasteiger partial charge in [-0.1, -0.05) is 142 Å². The van der Waals surface area contributed by atoms with Crippen LogP contribution in [-0.4, -0.2) is 24.5 Å². The first kappa shape index (κ1) is 29.3. The van der Waals surface area contributed by atoms with Crippen LogP contribution < -0.4 is 10.4 Å². The maximum atomic E-state index is 7.25. The van der Waals surface area contributed by atoms with Gasteiger partial charge in [-0.3, -0.25) is 0 Å². The van der Waals surface area contributed by atoms with E-state index in [1.807, 2.05) is 6.07 Å². The summed E-state index contributed by atoms with van der Waals surface area (Å²) in [6, 6.07) is 47.3. The second-order valence-electron chi connectivity index (χ2n) is 12.0. The molecule has 0 aliphatic heterocycles. The lowest BCUT2D eigenvalue weighted by Crippen LogP contribution is -2.66. The second kappa shape index (κ2) is 12.5. The van der Waals surface area contributed by atoms with E-state index in [1.54, 1.807) is 0 Å². The molecule has 0 atom stereocenters. The van der Waals surface area contributed by atoms with E-state index < -0.39 is 8.32 Å². The van der Waals surface area contributed by atoms with Crippen LogP contribution in [-0.2, 0) is 17.4 Å². The highest BCUT2D eigenvalue weighted by Crippen LogP contribution is 2.37. The van der Waals surface area contributed by atoms with Gasteiger partial charge in [-0.15, -0.1) is 0 Å². The molecular weight excluding hydrogens is 608 g/mol. The molecule has 0 unspecified atom stereocenters. The van der Waals surface area contributed by atoms with Crippen molar-refractivity contribution in [2.75, 3.05) is 6.61 Å². The molecule has 1 heterocycles. The third kappa shape index (κ3) is 5.77. The Kier molecular flexibility index (Phi) is 8.49. The molecule has 3 nitrogen and oxygen atoms in total. The van der Waals surface area contributed by atoms with Crippen molar-refractivity contribution >= 4 is 45.7 Å². The van der Waals surface area contributed by atoms with E-state index in [-0.39, 0.29) is 5.04 Å². The van der Waals surface area contributed by atoms with Crippen LogP contribution in [0.2, 0.25) is 5.04 Å². The summed E-state index contributed by atoms with van der Waals surface area (Å²) in [7, 11) is -2.60. The van der Waals surface area contributed by atoms with Crippen LogP contribution >= 0.6 is 15.9 Å². The van der Waals surface area contributed by atoms with Crippen LogP contribution in [0.15, 0.2) is 138 Å². The van der Waals surface area contributed by atoms with Crippen molar-refractivity contribution in [3.63, 3.8) is 0 Å². The third-order valence-electron chi connectivity index (χ3n) is 8.32. The molecule has 6 rings (SSSR count). The number of hydrogen-bond donors (Lipinski definition) is 0. The molecule has 0 radical (unpaired) electrons. The average molecular weight is 646 g/mol. The number of para-hydroxylation sites is 1. The highest BCUT2D eigenvalue weighted by Gasteiger charge is 2.50. The van der Waals surface area contributed by atoms with E-state index in [1.165, 1.54) is 21.5 Å². The van der Waals surface area contributed by atoms with E-state index in [2.05, 4.69) is 169 Å². The number of rotatable bonds is 9. The second-order valence-corrected chi connectivity index (χ2v) is 17.2. The van der Waals surface area contributed by atoms with Crippen molar-refractivity contribution in [1.82, 2.24) is 9.55 Å². The van der Waals surface area contributed by atoms with E-state index in [0.717, 1.165) is 39.9 Å². The molecule has 43 heavy (non-hydrogen) atoms. The molecule has 0 N–H and O–H groups in total. The minimum absolute atomic E-state index is 0.0527. The highest BCUT2D eigenvalue weighted by atomic mass is 79.9. The molecule has 0 fully saturated rings. The zero-order valence-electron chi connectivity index (χ0n) is 25.0. The molecule has 6 aromatic rings. The van der Waals surface area contributed by atoms with Gasteiger partial charge in [-0.05, 0) is 61.0 Å². The summed E-state index contributed by atoms with van der Waals surface area (Å²) in [4.78, 5) is 5.09. The monoisotopic (exact) mass is 644 g/mol. The quantitative estimate of drug-likeness (QED) is 0.147. The van der Waals surface area contributed by atoms with Crippen molar-refractivity contribution in [1.29, 1.82) is 0 Å². The maximum absolute atomic E-state index is 7.25. The Balaban J connectivity index is 1.35. The summed E-state index contributed by atoms with van der Waals surface area (Å²) in [5.41, 5.74) is 5.79. The van der Waals surface area contributed by atoms with Gasteiger partial charge in [0.15, 0.2) is 0 Å². The first-order chi connectivity index (χ1) is 20.9. The van der Waals surface area contributed by atoms with Crippen LogP contribution in [0.3, 0.4) is 0 Å². The summed E-state index contributed by atoms with van der Waals surface area (Å²) in [6.07, 6.45) is 0.831. The SMILES string of the molecule is CC(C)(C)[Si](OCCc1ccccc1Cn1c(-c2ccccc2)nc2c(Br)cccc21)(c1ccccc1)c1ccccc1. The van der Waals surface area contributed by atoms with Gasteiger partial charge >= 0.3 is 0 Å². The van der Waals surface area contributed by atoms with Gasteiger partial charge in [0.25, 0.3) is 8.32 Å². The molecule has 0 spiro atoms. The summed E-state index contributed by atoms with van der Waals surface area (Å²) >= 11 is 3.74. The number of imidazole rings is 1. The Hall–Kier alpha value is -3.77. The third-order valence-corrected chi connectivity index (χ3v) is 14.0. The van der Waals surface area contributed by atoms with Crippen molar-refractivity contribution in [2.24, 2.45) is 0 Å². The Bertz CT molecular complexity index is 1770. The summed E-state index contributed by atoms with van der Waals surface area (Å²) in [5, 5.41) is 2.57. The fraction of sp³-hybridized carbons (Fsp3) is 0.184. The Morgan fingerprint density at radius 3 is 1.84 bits per heavy atom. The van der Waals surface area contributed by atoms with Crippen molar-refractivity contribution < 1.29 is 4.43 Å². The summed E-state index contributed by atoms with van der Waals surface area (Å²) in [5.74, 6) is 0.973. The first-order valence-corrected chi connectivity index (χ1v) is 17.6. The number of halogens is 1. The Morgan fingerprint density at radius 2 is 1.23 bits per heavy atom. The molecule has 0 bridgehead atoms. The topological polar surface area (TPSA) is 27.1 Å². The average Bonchev–Trinajstić information content (AvgIpc) is 3.40. The van der Waals surface area contributed by atoms with Crippen LogP contribution in [0.1, 0.15) is 31.9 Å². The van der Waals surface area contributed by atoms with Crippen LogP contribution in [0.25, 0.3) is 22.4 Å². The normalized spacial score (nSPS) is 12.1. The standard InChI is InChI=1S/C38H37BrN2OSi/c1-38(2,3)43(32-20-9-5-10-21-32,33-22-11-6-12-23-33)42-27-26-29-16-13-14-19-31(29)28-41-35-25-15-24-34(39)36(35)40-37(41)30-17-7-4-8-18-30/h4-25H,26-28H2,1-3H3. The number of aromatic nitrogens is 2. The molecule has 0 amide bonds. The molecule has 216 valence electrons. The minimum atomic E-state index is -2.60. The molecular formula is C38H37BrN2OSi. The molecule has 5 heteroatoms. The maximum Gasteiger partial charge on any atom is 0.261 e. The van der Waals surface area contributed by atoms with E-state index >= 15 is 0 Å². The van der Waals surface area contributed by atoms with Gasteiger partial charge in [0.05, 0.1) is 5.52 Å². The van der Waals surface area contributed by atoms with Crippen LogP contribution in [0.4, 0.5) is 0 Å². The molecule has 0 saturated carbocycles. The lowest BCUT2D eigenvalue weighted by molar-refractivity contribution is 0.301. The molecule has 1 aromatic heterocycles. The molecule has 0 aliphatic carbocycles. The first-order valence-electron chi connectivity index (χ1n) is 14.9. The minimum Gasteiger partial charge on any atom is -0.407 e. The fourth-order valence-electron chi connectivity index (χ4n) is 6.28. The predicted octanol–water partition coefficient (Wildman–Crippen LogP) is 8.63. The lowest BCUT2D eigenvalue weighted by Gasteiger charge is -2.43. The number of fused-ring (bicyclic) bond motifs is 1. The van der Waals surface area contributed by atoms with Gasteiger partial charge in [-0.2, -0.15) is 0 Å². The molecule has 5 aromatic carbocycles. The number of benzene rings is 5. The highest BCUT2D eigenvalue weighted by molar-refractivity contribution is 9.10. The van der Waals surface area contributed by atoms with Crippen molar-refractivity contribution in [3.8, 4) is 11.4 Å². The van der Waals surface area contributed by atoms with Gasteiger partial charge in [-0.25, -0.2) is 4.98 Å². The van der Waals surface area contributed by atoms with Crippen molar-refractivity contribution in [2.45, 2.75) is 38.8 Å². The van der Waals surface area contributed by atoms with Gasteiger partial charge in [0.1, 0.15) is 11.3 Å². The van der Waals surface area contributed by atoms with Crippen molar-refractivity contribution in [3.05, 3.63) is 149 Å².